The zero-order valence-corrected chi connectivity index (χ0v) is 6.32. The number of hydrogen-bond donors (Lipinski definition) is 0. The second kappa shape index (κ2) is 3.17. The molecule has 0 aliphatic carbocycles. The van der Waals surface area contributed by atoms with Crippen LogP contribution in [0.15, 0.2) is 0 Å². The summed E-state index contributed by atoms with van der Waals surface area (Å²) in [4.78, 5) is 0. The molecule has 0 aliphatic rings. The minimum atomic E-state index is -3.06. The quantitative estimate of drug-likeness (QED) is 0.562. The first-order chi connectivity index (χ1) is 4.02. The van der Waals surface area contributed by atoms with Gasteiger partial charge in [0.25, 0.3) is 0 Å². The van der Waals surface area contributed by atoms with E-state index in [1.165, 1.54) is 4.31 Å². The molecule has 0 rings (SSSR count). The van der Waals surface area contributed by atoms with Gasteiger partial charge >= 0.3 is 0 Å². The topological polar surface area (TPSA) is 37.4 Å². The van der Waals surface area contributed by atoms with E-state index in [1.807, 2.05) is 0 Å². The third-order valence-electron chi connectivity index (χ3n) is 0.968. The van der Waals surface area contributed by atoms with Crippen LogP contribution in [0.1, 0.15) is 0 Å². The van der Waals surface area contributed by atoms with Crippen molar-refractivity contribution < 1.29 is 8.42 Å². The molecule has 0 unspecified atom stereocenters. The summed E-state index contributed by atoms with van der Waals surface area (Å²) in [6.45, 7) is 7.36. The summed E-state index contributed by atoms with van der Waals surface area (Å²) in [7, 11) is -3.06. The molecule has 0 bridgehead atoms. The van der Waals surface area contributed by atoms with Gasteiger partial charge < -0.3 is 0 Å². The van der Waals surface area contributed by atoms with Crippen molar-refractivity contribution in [1.82, 2.24) is 4.31 Å². The zero-order valence-electron chi connectivity index (χ0n) is 5.50. The van der Waals surface area contributed by atoms with E-state index in [1.54, 1.807) is 0 Å². The molecule has 0 aliphatic heterocycles. The first-order valence-corrected chi connectivity index (χ1v) is 4.40. The van der Waals surface area contributed by atoms with Crippen molar-refractivity contribution >= 4 is 10.0 Å². The van der Waals surface area contributed by atoms with E-state index in [4.69, 9.17) is 0 Å². The van der Waals surface area contributed by atoms with Crippen molar-refractivity contribution in [3.05, 3.63) is 13.8 Å². The van der Waals surface area contributed by atoms with Crippen molar-refractivity contribution in [3.8, 4) is 0 Å². The summed E-state index contributed by atoms with van der Waals surface area (Å²) in [6.07, 6.45) is 1.14. The average Bonchev–Trinajstić information content (AvgIpc) is 1.65. The summed E-state index contributed by atoms with van der Waals surface area (Å²) in [5.74, 6) is 0. The Kier molecular flexibility index (Phi) is 3.14. The molecule has 0 aromatic heterocycles. The molecule has 0 saturated heterocycles. The maximum Gasteiger partial charge on any atom is 0.211 e. The van der Waals surface area contributed by atoms with Gasteiger partial charge in [0, 0.05) is 13.1 Å². The van der Waals surface area contributed by atoms with Crippen molar-refractivity contribution in [2.24, 2.45) is 0 Å². The van der Waals surface area contributed by atoms with Crippen LogP contribution in [0.3, 0.4) is 0 Å². The van der Waals surface area contributed by atoms with Gasteiger partial charge in [-0.1, -0.05) is 0 Å². The summed E-state index contributed by atoms with van der Waals surface area (Å²) in [6, 6.07) is 0. The molecule has 3 nitrogen and oxygen atoms in total. The lowest BCUT2D eigenvalue weighted by Gasteiger charge is -2.13. The molecule has 4 heteroatoms. The van der Waals surface area contributed by atoms with Crippen LogP contribution in [0, 0.1) is 13.8 Å². The maximum atomic E-state index is 10.6. The molecule has 0 saturated carbocycles. The molecular weight excluding hydrogens is 138 g/mol. The van der Waals surface area contributed by atoms with Crippen molar-refractivity contribution in [2.45, 2.75) is 0 Å². The lowest BCUT2D eigenvalue weighted by molar-refractivity contribution is 0.477. The molecule has 0 aromatic rings. The minimum Gasteiger partial charge on any atom is -0.213 e. The largest absolute Gasteiger partial charge is 0.213 e. The van der Waals surface area contributed by atoms with E-state index in [-0.39, 0.29) is 13.1 Å². The Hall–Kier alpha value is -0.0900. The molecule has 0 spiro atoms. The van der Waals surface area contributed by atoms with Crippen LogP contribution < -0.4 is 0 Å². The molecule has 0 aromatic carbocycles. The van der Waals surface area contributed by atoms with Gasteiger partial charge in [-0.25, -0.2) is 12.7 Å². The van der Waals surface area contributed by atoms with Crippen molar-refractivity contribution in [2.75, 3.05) is 19.3 Å². The van der Waals surface area contributed by atoms with Crippen LogP contribution in [0.5, 0.6) is 0 Å². The fourth-order valence-electron chi connectivity index (χ4n) is 0.443. The van der Waals surface area contributed by atoms with Gasteiger partial charge in [-0.3, -0.25) is 0 Å². The Bertz CT molecular complexity index is 158. The Morgan fingerprint density at radius 1 is 1.33 bits per heavy atom. The van der Waals surface area contributed by atoms with Crippen LogP contribution in [0.25, 0.3) is 0 Å². The van der Waals surface area contributed by atoms with Gasteiger partial charge in [-0.15, -0.1) is 0 Å². The molecule has 54 valence electrons. The van der Waals surface area contributed by atoms with Crippen molar-refractivity contribution in [1.29, 1.82) is 0 Å². The predicted molar refractivity (Wildman–Crippen MR) is 37.1 cm³/mol. The van der Waals surface area contributed by atoms with E-state index in [2.05, 4.69) is 13.8 Å². The van der Waals surface area contributed by atoms with Crippen molar-refractivity contribution in [3.63, 3.8) is 0 Å². The maximum absolute atomic E-state index is 10.6. The number of rotatable bonds is 3. The van der Waals surface area contributed by atoms with E-state index in [0.717, 1.165) is 6.26 Å². The monoisotopic (exact) mass is 149 g/mol. The predicted octanol–water partition coefficient (Wildman–Crippen LogP) is -0.0838. The van der Waals surface area contributed by atoms with Gasteiger partial charge in [0.2, 0.25) is 10.0 Å². The molecule has 0 amide bonds. The smallest absolute Gasteiger partial charge is 0.211 e. The second-order valence-corrected chi connectivity index (χ2v) is 3.64. The fourth-order valence-corrected chi connectivity index (χ4v) is 1.11. The highest BCUT2D eigenvalue weighted by atomic mass is 32.2. The van der Waals surface area contributed by atoms with Crippen LogP contribution in [-0.4, -0.2) is 32.1 Å². The molecule has 9 heavy (non-hydrogen) atoms. The van der Waals surface area contributed by atoms with Gasteiger partial charge in [-0.05, 0) is 13.8 Å². The summed E-state index contributed by atoms with van der Waals surface area (Å²) in [5, 5.41) is 0. The number of hydrogen-bond acceptors (Lipinski definition) is 2. The van der Waals surface area contributed by atoms with E-state index < -0.39 is 10.0 Å². The summed E-state index contributed by atoms with van der Waals surface area (Å²) in [5.41, 5.74) is 0. The normalized spacial score (nSPS) is 12.4. The van der Waals surface area contributed by atoms with Gasteiger partial charge in [-0.2, -0.15) is 0 Å². The minimum absolute atomic E-state index is 0.252. The Morgan fingerprint density at radius 2 is 1.67 bits per heavy atom. The van der Waals surface area contributed by atoms with Crippen LogP contribution in [0.4, 0.5) is 0 Å². The third kappa shape index (κ3) is 2.81. The van der Waals surface area contributed by atoms with E-state index in [0.29, 0.717) is 0 Å². The molecule has 0 atom stereocenters. The number of nitrogens with zero attached hydrogens (tertiary/aromatic N) is 1. The third-order valence-corrected chi connectivity index (χ3v) is 2.27. The highest BCUT2D eigenvalue weighted by Crippen LogP contribution is 1.93. The zero-order chi connectivity index (χ0) is 7.49. The van der Waals surface area contributed by atoms with Gasteiger partial charge in [0.05, 0.1) is 6.26 Å². The Labute approximate surface area is 56.7 Å². The first-order valence-electron chi connectivity index (χ1n) is 2.56. The van der Waals surface area contributed by atoms with Gasteiger partial charge in [0.15, 0.2) is 0 Å². The average molecular weight is 149 g/mol. The molecule has 2 radical (unpaired) electrons. The highest BCUT2D eigenvalue weighted by Gasteiger charge is 2.09. The van der Waals surface area contributed by atoms with E-state index >= 15 is 0 Å². The molecular formula is C5H11NO2S. The number of sulfonamides is 1. The lowest BCUT2D eigenvalue weighted by Crippen LogP contribution is -2.29. The van der Waals surface area contributed by atoms with Gasteiger partial charge in [0.1, 0.15) is 0 Å². The lowest BCUT2D eigenvalue weighted by atomic mass is 10.7. The molecule has 0 heterocycles. The Morgan fingerprint density at radius 3 is 1.67 bits per heavy atom. The standard InChI is InChI=1S/C5H11NO2S/c1-4-6(5-2)9(3,7)8/h1-2,4-5H2,3H3. The summed E-state index contributed by atoms with van der Waals surface area (Å²) < 4.78 is 22.5. The Balaban J connectivity index is 4.14. The summed E-state index contributed by atoms with van der Waals surface area (Å²) >= 11 is 0. The van der Waals surface area contributed by atoms with E-state index in [9.17, 15) is 8.42 Å². The fraction of sp³-hybridized carbons (Fsp3) is 0.600. The van der Waals surface area contributed by atoms with Crippen LogP contribution in [0.2, 0.25) is 0 Å². The highest BCUT2D eigenvalue weighted by molar-refractivity contribution is 7.88. The van der Waals surface area contributed by atoms with Crippen LogP contribution >= 0.6 is 0 Å². The SMILES string of the molecule is [CH2]CN(C[CH2])S(C)(=O)=O. The second-order valence-electron chi connectivity index (χ2n) is 1.66. The molecule has 0 N–H and O–H groups in total. The molecule has 0 fully saturated rings. The first kappa shape index (κ1) is 8.91. The van der Waals surface area contributed by atoms with Crippen LogP contribution in [-0.2, 0) is 10.0 Å².